The van der Waals surface area contributed by atoms with E-state index in [-0.39, 0.29) is 5.56 Å². The molecule has 0 aliphatic carbocycles. The summed E-state index contributed by atoms with van der Waals surface area (Å²) in [7, 11) is 1.55. The summed E-state index contributed by atoms with van der Waals surface area (Å²) in [6, 6.07) is 12.2. The van der Waals surface area contributed by atoms with Gasteiger partial charge in [-0.15, -0.1) is 0 Å². The van der Waals surface area contributed by atoms with E-state index in [1.807, 2.05) is 32.0 Å². The number of nitrogens with one attached hydrogen (secondary N) is 1. The monoisotopic (exact) mass is 323 g/mol. The number of fused-ring (bicyclic) bond motifs is 1. The maximum atomic E-state index is 12.5. The van der Waals surface area contributed by atoms with Crippen molar-refractivity contribution in [1.29, 1.82) is 0 Å². The van der Waals surface area contributed by atoms with Crippen molar-refractivity contribution in [3.8, 4) is 5.75 Å². The largest absolute Gasteiger partial charge is 0.497 e. The molecule has 0 saturated heterocycles. The molecule has 3 aromatic rings. The molecule has 122 valence electrons. The Morgan fingerprint density at radius 1 is 1.08 bits per heavy atom. The average Bonchev–Trinajstić information content (AvgIpc) is 2.56. The molecule has 1 aromatic heterocycles. The van der Waals surface area contributed by atoms with Crippen LogP contribution in [0.2, 0.25) is 0 Å². The van der Waals surface area contributed by atoms with Crippen molar-refractivity contribution in [3.63, 3.8) is 0 Å². The number of aryl methyl sites for hydroxylation is 2. The summed E-state index contributed by atoms with van der Waals surface area (Å²) in [6.07, 6.45) is 0. The number of hydrogen-bond donors (Lipinski definition) is 1. The molecular formula is C19H17NO4. The van der Waals surface area contributed by atoms with E-state index in [4.69, 9.17) is 9.15 Å². The first-order valence-electron chi connectivity index (χ1n) is 7.48. The number of anilines is 1. The summed E-state index contributed by atoms with van der Waals surface area (Å²) in [4.78, 5) is 24.6. The number of amides is 1. The molecule has 0 radical (unpaired) electrons. The first-order valence-corrected chi connectivity index (χ1v) is 7.48. The Hall–Kier alpha value is -3.08. The van der Waals surface area contributed by atoms with Crippen LogP contribution in [0.1, 0.15) is 21.5 Å². The molecule has 0 spiro atoms. The Kier molecular flexibility index (Phi) is 4.08. The summed E-state index contributed by atoms with van der Waals surface area (Å²) in [5.74, 6) is 0.123. The molecule has 0 fully saturated rings. The van der Waals surface area contributed by atoms with E-state index in [0.717, 1.165) is 11.1 Å². The smallest absolute Gasteiger partial charge is 0.349 e. The Bertz CT molecular complexity index is 988. The lowest BCUT2D eigenvalue weighted by atomic mass is 10.1. The number of benzene rings is 2. The summed E-state index contributed by atoms with van der Waals surface area (Å²) < 4.78 is 10.4. The third-order valence-corrected chi connectivity index (χ3v) is 3.81. The molecule has 5 heteroatoms. The highest BCUT2D eigenvalue weighted by Crippen LogP contribution is 2.21. The molecule has 1 amide bonds. The Morgan fingerprint density at radius 3 is 2.58 bits per heavy atom. The van der Waals surface area contributed by atoms with Crippen LogP contribution >= 0.6 is 0 Å². The van der Waals surface area contributed by atoms with Crippen LogP contribution in [-0.2, 0) is 0 Å². The molecule has 0 atom stereocenters. The lowest BCUT2D eigenvalue weighted by Gasteiger charge is -2.09. The van der Waals surface area contributed by atoms with E-state index in [0.29, 0.717) is 22.4 Å². The van der Waals surface area contributed by atoms with Crippen LogP contribution in [0, 0.1) is 13.8 Å². The number of hydrogen-bond acceptors (Lipinski definition) is 4. The second kappa shape index (κ2) is 6.20. The lowest BCUT2D eigenvalue weighted by molar-refractivity contribution is 0.102. The van der Waals surface area contributed by atoms with Gasteiger partial charge in [0.25, 0.3) is 5.91 Å². The fourth-order valence-electron chi connectivity index (χ4n) is 2.53. The van der Waals surface area contributed by atoms with E-state index >= 15 is 0 Å². The fraction of sp³-hybridized carbons (Fsp3) is 0.158. The van der Waals surface area contributed by atoms with Gasteiger partial charge in [0.15, 0.2) is 0 Å². The molecule has 0 bridgehead atoms. The van der Waals surface area contributed by atoms with Crippen molar-refractivity contribution in [1.82, 2.24) is 0 Å². The van der Waals surface area contributed by atoms with Gasteiger partial charge in [-0.2, -0.15) is 0 Å². The topological polar surface area (TPSA) is 68.5 Å². The SMILES string of the molecule is COc1ccc2oc(=O)c(C(=O)Nc3ccc(C)cc3C)cc2c1. The van der Waals surface area contributed by atoms with E-state index < -0.39 is 11.5 Å². The van der Waals surface area contributed by atoms with Crippen molar-refractivity contribution in [2.75, 3.05) is 12.4 Å². The van der Waals surface area contributed by atoms with E-state index in [9.17, 15) is 9.59 Å². The van der Waals surface area contributed by atoms with E-state index in [1.54, 1.807) is 25.3 Å². The van der Waals surface area contributed by atoms with E-state index in [2.05, 4.69) is 5.32 Å². The Labute approximate surface area is 138 Å². The molecular weight excluding hydrogens is 306 g/mol. The van der Waals surface area contributed by atoms with Crippen LogP contribution < -0.4 is 15.7 Å². The second-order valence-corrected chi connectivity index (χ2v) is 5.62. The fourth-order valence-corrected chi connectivity index (χ4v) is 2.53. The van der Waals surface area contributed by atoms with Crippen molar-refractivity contribution >= 4 is 22.6 Å². The highest BCUT2D eigenvalue weighted by atomic mass is 16.5. The highest BCUT2D eigenvalue weighted by molar-refractivity contribution is 6.05. The Morgan fingerprint density at radius 2 is 1.88 bits per heavy atom. The second-order valence-electron chi connectivity index (χ2n) is 5.62. The van der Waals surface area contributed by atoms with Gasteiger partial charge >= 0.3 is 5.63 Å². The molecule has 24 heavy (non-hydrogen) atoms. The summed E-state index contributed by atoms with van der Waals surface area (Å²) in [6.45, 7) is 3.88. The quantitative estimate of drug-likeness (QED) is 0.747. The normalized spacial score (nSPS) is 10.6. The van der Waals surface area contributed by atoms with Gasteiger partial charge in [0.2, 0.25) is 0 Å². The molecule has 5 nitrogen and oxygen atoms in total. The Balaban J connectivity index is 1.99. The molecule has 0 unspecified atom stereocenters. The zero-order valence-corrected chi connectivity index (χ0v) is 13.7. The zero-order chi connectivity index (χ0) is 17.3. The molecule has 2 aromatic carbocycles. The highest BCUT2D eigenvalue weighted by Gasteiger charge is 2.15. The third kappa shape index (κ3) is 3.01. The number of methoxy groups -OCH3 is 1. The van der Waals surface area contributed by atoms with E-state index in [1.165, 1.54) is 6.07 Å². The molecule has 0 aliphatic heterocycles. The zero-order valence-electron chi connectivity index (χ0n) is 13.7. The van der Waals surface area contributed by atoms with Crippen molar-refractivity contribution in [2.24, 2.45) is 0 Å². The summed E-state index contributed by atoms with van der Waals surface area (Å²) in [5, 5.41) is 3.38. The number of ether oxygens (including phenoxy) is 1. The van der Waals surface area contributed by atoms with Crippen LogP contribution in [0.25, 0.3) is 11.0 Å². The maximum Gasteiger partial charge on any atom is 0.349 e. The van der Waals surface area contributed by atoms with Gasteiger partial charge in [0.05, 0.1) is 7.11 Å². The molecule has 1 N–H and O–H groups in total. The predicted octanol–water partition coefficient (Wildman–Crippen LogP) is 3.67. The maximum absolute atomic E-state index is 12.5. The first kappa shape index (κ1) is 15.8. The molecule has 0 aliphatic rings. The molecule has 1 heterocycles. The molecule has 3 rings (SSSR count). The number of carbonyl (C=O) groups is 1. The van der Waals surface area contributed by atoms with Gasteiger partial charge < -0.3 is 14.5 Å². The average molecular weight is 323 g/mol. The van der Waals surface area contributed by atoms with Crippen LogP contribution in [-0.4, -0.2) is 13.0 Å². The number of carbonyl (C=O) groups excluding carboxylic acids is 1. The summed E-state index contributed by atoms with van der Waals surface area (Å²) in [5.41, 5.74) is 2.38. The van der Waals surface area contributed by atoms with Gasteiger partial charge in [-0.25, -0.2) is 4.79 Å². The lowest BCUT2D eigenvalue weighted by Crippen LogP contribution is -2.21. The van der Waals surface area contributed by atoms with Crippen molar-refractivity contribution in [3.05, 3.63) is 69.6 Å². The van der Waals surface area contributed by atoms with Crippen LogP contribution in [0.5, 0.6) is 5.75 Å². The summed E-state index contributed by atoms with van der Waals surface area (Å²) >= 11 is 0. The molecule has 0 saturated carbocycles. The van der Waals surface area contributed by atoms with Gasteiger partial charge in [-0.1, -0.05) is 17.7 Å². The van der Waals surface area contributed by atoms with Crippen LogP contribution in [0.15, 0.2) is 51.7 Å². The number of rotatable bonds is 3. The predicted molar refractivity (Wildman–Crippen MR) is 92.9 cm³/mol. The van der Waals surface area contributed by atoms with Crippen LogP contribution in [0.4, 0.5) is 5.69 Å². The first-order chi connectivity index (χ1) is 11.5. The third-order valence-electron chi connectivity index (χ3n) is 3.81. The van der Waals surface area contributed by atoms with Crippen molar-refractivity contribution < 1.29 is 13.9 Å². The minimum atomic E-state index is -0.671. The van der Waals surface area contributed by atoms with Crippen molar-refractivity contribution in [2.45, 2.75) is 13.8 Å². The van der Waals surface area contributed by atoms with Gasteiger partial charge in [0.1, 0.15) is 16.9 Å². The standard InChI is InChI=1S/C19H17NO4/c1-11-4-6-16(12(2)8-11)20-18(21)15-10-13-9-14(23-3)5-7-17(13)24-19(15)22/h4-10H,1-3H3,(H,20,21). The minimum Gasteiger partial charge on any atom is -0.497 e. The van der Waals surface area contributed by atoms with Gasteiger partial charge in [-0.3, -0.25) is 4.79 Å². The van der Waals surface area contributed by atoms with Crippen LogP contribution in [0.3, 0.4) is 0 Å². The van der Waals surface area contributed by atoms with Gasteiger partial charge in [0, 0.05) is 11.1 Å². The minimum absolute atomic E-state index is 0.0456. The van der Waals surface area contributed by atoms with Gasteiger partial charge in [-0.05, 0) is 49.7 Å².